The van der Waals surface area contributed by atoms with E-state index >= 15 is 0 Å². The van der Waals surface area contributed by atoms with Crippen LogP contribution in [-0.4, -0.2) is 31.7 Å². The lowest BCUT2D eigenvalue weighted by Crippen LogP contribution is -2.41. The lowest BCUT2D eigenvalue weighted by Gasteiger charge is -2.30. The van der Waals surface area contributed by atoms with E-state index < -0.39 is 10.0 Å². The standard InChI is InChI=1S/C21H26N2O3S/c1-15-4-7-19(8-5-15)22-21(24)18-10-12-23(13-11-18)27(25,26)20-9-6-16(2)17(3)14-20/h4-9,14,18H,10-13H2,1-3H3,(H,22,24). The molecule has 0 aliphatic carbocycles. The molecule has 0 spiro atoms. The van der Waals surface area contributed by atoms with Crippen molar-refractivity contribution in [3.63, 3.8) is 0 Å². The minimum Gasteiger partial charge on any atom is -0.326 e. The van der Waals surface area contributed by atoms with E-state index in [0.29, 0.717) is 30.8 Å². The molecule has 1 N–H and O–H groups in total. The second-order valence-corrected chi connectivity index (χ2v) is 9.22. The van der Waals surface area contributed by atoms with Gasteiger partial charge in [0.1, 0.15) is 0 Å². The van der Waals surface area contributed by atoms with E-state index in [2.05, 4.69) is 5.32 Å². The van der Waals surface area contributed by atoms with Crippen molar-refractivity contribution in [1.82, 2.24) is 4.31 Å². The van der Waals surface area contributed by atoms with Crippen LogP contribution in [0.25, 0.3) is 0 Å². The van der Waals surface area contributed by atoms with Crippen LogP contribution in [0.4, 0.5) is 5.69 Å². The summed E-state index contributed by atoms with van der Waals surface area (Å²) in [5.41, 5.74) is 3.94. The number of aryl methyl sites for hydroxylation is 3. The molecule has 0 saturated carbocycles. The summed E-state index contributed by atoms with van der Waals surface area (Å²) in [6, 6.07) is 12.9. The summed E-state index contributed by atoms with van der Waals surface area (Å²) in [6.45, 7) is 6.60. The maximum Gasteiger partial charge on any atom is 0.243 e. The summed E-state index contributed by atoms with van der Waals surface area (Å²) in [5.74, 6) is -0.209. The van der Waals surface area contributed by atoms with Crippen LogP contribution >= 0.6 is 0 Å². The molecule has 0 aromatic heterocycles. The molecule has 2 aromatic rings. The van der Waals surface area contributed by atoms with E-state index in [0.717, 1.165) is 22.4 Å². The molecule has 2 aromatic carbocycles. The van der Waals surface area contributed by atoms with Gasteiger partial charge in [-0.2, -0.15) is 4.31 Å². The molecule has 144 valence electrons. The van der Waals surface area contributed by atoms with Crippen LogP contribution in [0, 0.1) is 26.7 Å². The molecule has 0 radical (unpaired) electrons. The third-order valence-electron chi connectivity index (χ3n) is 5.26. The number of sulfonamides is 1. The number of nitrogens with zero attached hydrogens (tertiary/aromatic N) is 1. The fourth-order valence-corrected chi connectivity index (χ4v) is 4.82. The average molecular weight is 387 g/mol. The van der Waals surface area contributed by atoms with Crippen LogP contribution in [0.15, 0.2) is 47.4 Å². The Hall–Kier alpha value is -2.18. The van der Waals surface area contributed by atoms with Crippen molar-refractivity contribution in [2.45, 2.75) is 38.5 Å². The van der Waals surface area contributed by atoms with Gasteiger partial charge in [0.25, 0.3) is 0 Å². The second-order valence-electron chi connectivity index (χ2n) is 7.28. The van der Waals surface area contributed by atoms with E-state index in [1.807, 2.05) is 51.1 Å². The summed E-state index contributed by atoms with van der Waals surface area (Å²) in [5, 5.41) is 2.93. The zero-order valence-corrected chi connectivity index (χ0v) is 16.8. The highest BCUT2D eigenvalue weighted by molar-refractivity contribution is 7.89. The SMILES string of the molecule is Cc1ccc(NC(=O)C2CCN(S(=O)(=O)c3ccc(C)c(C)c3)CC2)cc1. The lowest BCUT2D eigenvalue weighted by molar-refractivity contribution is -0.120. The van der Waals surface area contributed by atoms with Gasteiger partial charge in [-0.15, -0.1) is 0 Å². The molecular weight excluding hydrogens is 360 g/mol. The van der Waals surface area contributed by atoms with E-state index in [1.54, 1.807) is 12.1 Å². The minimum absolute atomic E-state index is 0.0397. The number of anilines is 1. The summed E-state index contributed by atoms with van der Waals surface area (Å²) < 4.78 is 27.2. The highest BCUT2D eigenvalue weighted by Gasteiger charge is 2.32. The van der Waals surface area contributed by atoms with Crippen molar-refractivity contribution in [1.29, 1.82) is 0 Å². The Morgan fingerprint density at radius 2 is 1.59 bits per heavy atom. The predicted octanol–water partition coefficient (Wildman–Crippen LogP) is 3.65. The van der Waals surface area contributed by atoms with Gasteiger partial charge >= 0.3 is 0 Å². The first-order chi connectivity index (χ1) is 12.8. The van der Waals surface area contributed by atoms with Crippen LogP contribution in [0.2, 0.25) is 0 Å². The van der Waals surface area contributed by atoms with Crippen molar-refractivity contribution in [3.05, 3.63) is 59.2 Å². The van der Waals surface area contributed by atoms with E-state index in [1.165, 1.54) is 4.31 Å². The number of nitrogens with one attached hydrogen (secondary N) is 1. The van der Waals surface area contributed by atoms with Gasteiger partial charge in [0.15, 0.2) is 0 Å². The highest BCUT2D eigenvalue weighted by Crippen LogP contribution is 2.26. The van der Waals surface area contributed by atoms with Gasteiger partial charge in [-0.1, -0.05) is 23.8 Å². The number of carbonyl (C=O) groups excluding carboxylic acids is 1. The monoisotopic (exact) mass is 386 g/mol. The number of rotatable bonds is 4. The van der Waals surface area contributed by atoms with Crippen molar-refractivity contribution in [3.8, 4) is 0 Å². The Kier molecular flexibility index (Phi) is 5.67. The highest BCUT2D eigenvalue weighted by atomic mass is 32.2. The van der Waals surface area contributed by atoms with Crippen LogP contribution in [-0.2, 0) is 14.8 Å². The molecule has 0 unspecified atom stereocenters. The molecule has 1 heterocycles. The molecule has 1 aliphatic heterocycles. The summed E-state index contributed by atoms with van der Waals surface area (Å²) in [7, 11) is -3.51. The molecule has 1 saturated heterocycles. The molecule has 5 nitrogen and oxygen atoms in total. The van der Waals surface area contributed by atoms with Crippen LogP contribution in [0.1, 0.15) is 29.5 Å². The smallest absolute Gasteiger partial charge is 0.243 e. The summed E-state index contributed by atoms with van der Waals surface area (Å²) in [6.07, 6.45) is 1.06. The van der Waals surface area contributed by atoms with Crippen molar-refractivity contribution in [2.75, 3.05) is 18.4 Å². The molecule has 0 bridgehead atoms. The molecule has 1 amide bonds. The Morgan fingerprint density at radius 1 is 0.963 bits per heavy atom. The predicted molar refractivity (Wildman–Crippen MR) is 107 cm³/mol. The van der Waals surface area contributed by atoms with Crippen LogP contribution in [0.5, 0.6) is 0 Å². The van der Waals surface area contributed by atoms with Crippen molar-refractivity contribution < 1.29 is 13.2 Å². The van der Waals surface area contributed by atoms with Gasteiger partial charge in [-0.3, -0.25) is 4.79 Å². The third-order valence-corrected chi connectivity index (χ3v) is 7.15. The first-order valence-corrected chi connectivity index (χ1v) is 10.7. The Labute approximate surface area is 161 Å². The zero-order valence-electron chi connectivity index (χ0n) is 16.0. The maximum absolute atomic E-state index is 12.9. The number of piperidine rings is 1. The van der Waals surface area contributed by atoms with Gasteiger partial charge < -0.3 is 5.32 Å². The normalized spacial score (nSPS) is 16.3. The largest absolute Gasteiger partial charge is 0.326 e. The first-order valence-electron chi connectivity index (χ1n) is 9.22. The summed E-state index contributed by atoms with van der Waals surface area (Å²) >= 11 is 0. The lowest BCUT2D eigenvalue weighted by atomic mass is 9.97. The number of benzene rings is 2. The molecule has 1 fully saturated rings. The fraction of sp³-hybridized carbons (Fsp3) is 0.381. The Bertz CT molecular complexity index is 928. The number of amides is 1. The van der Waals surface area contributed by atoms with Gasteiger partial charge in [-0.25, -0.2) is 8.42 Å². The van der Waals surface area contributed by atoms with E-state index in [9.17, 15) is 13.2 Å². The molecule has 27 heavy (non-hydrogen) atoms. The van der Waals surface area contributed by atoms with Gasteiger partial charge in [0.05, 0.1) is 4.90 Å². The Morgan fingerprint density at radius 3 is 2.19 bits per heavy atom. The van der Waals surface area contributed by atoms with Gasteiger partial charge in [0.2, 0.25) is 15.9 Å². The third kappa shape index (κ3) is 4.39. The second kappa shape index (κ2) is 7.82. The van der Waals surface area contributed by atoms with Crippen LogP contribution < -0.4 is 5.32 Å². The number of carbonyl (C=O) groups is 1. The van der Waals surface area contributed by atoms with E-state index in [-0.39, 0.29) is 11.8 Å². The maximum atomic E-state index is 12.9. The van der Waals surface area contributed by atoms with E-state index in [4.69, 9.17) is 0 Å². The fourth-order valence-electron chi connectivity index (χ4n) is 3.26. The van der Waals surface area contributed by atoms with Gasteiger partial charge in [-0.05, 0) is 69.0 Å². The zero-order chi connectivity index (χ0) is 19.6. The Balaban J connectivity index is 1.63. The molecule has 3 rings (SSSR count). The van der Waals surface area contributed by atoms with Crippen molar-refractivity contribution in [2.24, 2.45) is 5.92 Å². The topological polar surface area (TPSA) is 66.5 Å². The number of hydrogen-bond donors (Lipinski definition) is 1. The molecular formula is C21H26N2O3S. The quantitative estimate of drug-likeness (QED) is 0.872. The average Bonchev–Trinajstić information content (AvgIpc) is 2.66. The van der Waals surface area contributed by atoms with Crippen molar-refractivity contribution >= 4 is 21.6 Å². The minimum atomic E-state index is -3.51. The molecule has 0 atom stereocenters. The van der Waals surface area contributed by atoms with Crippen LogP contribution in [0.3, 0.4) is 0 Å². The number of hydrogen-bond acceptors (Lipinski definition) is 3. The van der Waals surface area contributed by atoms with Gasteiger partial charge in [0, 0.05) is 24.7 Å². The molecule has 1 aliphatic rings. The first kappa shape index (κ1) is 19.6. The summed E-state index contributed by atoms with van der Waals surface area (Å²) in [4.78, 5) is 12.8. The molecule has 6 heteroatoms.